The van der Waals surface area contributed by atoms with Crippen molar-refractivity contribution >= 4 is 0 Å². The predicted octanol–water partition coefficient (Wildman–Crippen LogP) is 7.00. The highest BCUT2D eigenvalue weighted by Crippen LogP contribution is 2.21. The van der Waals surface area contributed by atoms with Gasteiger partial charge < -0.3 is 19.7 Å². The third-order valence-corrected chi connectivity index (χ3v) is 6.19. The molecule has 2 aromatic rings. The van der Waals surface area contributed by atoms with Crippen molar-refractivity contribution < 1.29 is 19.7 Å². The molecule has 0 atom stereocenters. The van der Waals surface area contributed by atoms with Gasteiger partial charge in [0.05, 0.1) is 24.4 Å². The number of ether oxygens (including phenoxy) is 2. The second kappa shape index (κ2) is 14.6. The van der Waals surface area contributed by atoms with E-state index < -0.39 is 11.2 Å². The average molecular weight is 471 g/mol. The first-order valence-corrected chi connectivity index (χ1v) is 13.0. The van der Waals surface area contributed by atoms with Crippen LogP contribution in [0.1, 0.15) is 101 Å². The van der Waals surface area contributed by atoms with Crippen molar-refractivity contribution in [3.63, 3.8) is 0 Å². The minimum atomic E-state index is -0.792. The van der Waals surface area contributed by atoms with Crippen molar-refractivity contribution in [3.8, 4) is 0 Å². The molecule has 4 heteroatoms. The van der Waals surface area contributed by atoms with Gasteiger partial charge in [-0.25, -0.2) is 0 Å². The molecular formula is C30H46O4. The maximum absolute atomic E-state index is 10.0. The highest BCUT2D eigenvalue weighted by molar-refractivity contribution is 5.26. The average Bonchev–Trinajstić information content (AvgIpc) is 2.78. The normalized spacial score (nSPS) is 12.3. The van der Waals surface area contributed by atoms with E-state index in [0.29, 0.717) is 13.2 Å². The van der Waals surface area contributed by atoms with Crippen molar-refractivity contribution in [3.05, 3.63) is 70.8 Å². The van der Waals surface area contributed by atoms with Gasteiger partial charge in [0, 0.05) is 13.2 Å². The van der Waals surface area contributed by atoms with E-state index in [2.05, 4.69) is 0 Å². The molecule has 0 unspecified atom stereocenters. The van der Waals surface area contributed by atoms with Crippen LogP contribution in [0.5, 0.6) is 0 Å². The number of aliphatic hydroxyl groups is 2. The Balaban J connectivity index is 1.37. The van der Waals surface area contributed by atoms with E-state index in [9.17, 15) is 10.2 Å². The van der Waals surface area contributed by atoms with E-state index in [1.807, 2.05) is 48.5 Å². The molecule has 190 valence electrons. The quantitative estimate of drug-likeness (QED) is 0.244. The fourth-order valence-electron chi connectivity index (χ4n) is 3.87. The number of rotatable bonds is 17. The Kier molecular flexibility index (Phi) is 12.3. The zero-order valence-corrected chi connectivity index (χ0v) is 21.8. The van der Waals surface area contributed by atoms with Crippen LogP contribution in [0, 0.1) is 0 Å². The van der Waals surface area contributed by atoms with Gasteiger partial charge in [-0.15, -0.1) is 0 Å². The molecule has 0 aliphatic carbocycles. The van der Waals surface area contributed by atoms with Crippen LogP contribution in [0.2, 0.25) is 0 Å². The molecule has 0 aromatic heterocycles. The molecule has 0 bridgehead atoms. The first-order valence-electron chi connectivity index (χ1n) is 13.0. The van der Waals surface area contributed by atoms with Crippen LogP contribution < -0.4 is 0 Å². The van der Waals surface area contributed by atoms with Crippen LogP contribution >= 0.6 is 0 Å². The second-order valence-electron chi connectivity index (χ2n) is 10.4. The van der Waals surface area contributed by atoms with Crippen LogP contribution in [0.3, 0.4) is 0 Å². The third kappa shape index (κ3) is 11.6. The molecule has 2 N–H and O–H groups in total. The lowest BCUT2D eigenvalue weighted by atomic mass is 9.97. The summed E-state index contributed by atoms with van der Waals surface area (Å²) in [5, 5.41) is 20.0. The predicted molar refractivity (Wildman–Crippen MR) is 140 cm³/mol. The van der Waals surface area contributed by atoms with Gasteiger partial charge in [0.2, 0.25) is 0 Å². The van der Waals surface area contributed by atoms with Gasteiger partial charge in [-0.05, 0) is 62.8 Å². The van der Waals surface area contributed by atoms with Crippen LogP contribution in [0.15, 0.2) is 48.5 Å². The molecule has 0 heterocycles. The first-order chi connectivity index (χ1) is 16.2. The molecule has 0 radical (unpaired) electrons. The fraction of sp³-hybridized carbons (Fsp3) is 0.600. The van der Waals surface area contributed by atoms with E-state index in [1.54, 1.807) is 27.7 Å². The summed E-state index contributed by atoms with van der Waals surface area (Å²) in [6, 6.07) is 16.0. The summed E-state index contributed by atoms with van der Waals surface area (Å²) in [6.45, 7) is 10.1. The van der Waals surface area contributed by atoms with Gasteiger partial charge in [-0.1, -0.05) is 87.1 Å². The van der Waals surface area contributed by atoms with E-state index >= 15 is 0 Å². The smallest absolute Gasteiger partial charge is 0.0840 e. The molecule has 2 rings (SSSR count). The van der Waals surface area contributed by atoms with Crippen molar-refractivity contribution in [2.24, 2.45) is 0 Å². The lowest BCUT2D eigenvalue weighted by Crippen LogP contribution is -2.15. The second-order valence-corrected chi connectivity index (χ2v) is 10.4. The van der Waals surface area contributed by atoms with Gasteiger partial charge in [-0.3, -0.25) is 0 Å². The zero-order chi connectivity index (χ0) is 24.9. The maximum atomic E-state index is 10.0. The van der Waals surface area contributed by atoms with Gasteiger partial charge >= 0.3 is 0 Å². The van der Waals surface area contributed by atoms with Gasteiger partial charge in [0.1, 0.15) is 0 Å². The Morgan fingerprint density at radius 2 is 0.794 bits per heavy atom. The molecule has 0 aliphatic heterocycles. The third-order valence-electron chi connectivity index (χ3n) is 6.19. The Labute approximate surface area is 207 Å². The van der Waals surface area contributed by atoms with Crippen molar-refractivity contribution in [1.82, 2.24) is 0 Å². The van der Waals surface area contributed by atoms with Gasteiger partial charge in [0.15, 0.2) is 0 Å². The SMILES string of the molecule is CC(C)(O)c1ccc(COCCCCCCCCCCOCc2ccc(C(C)(C)O)cc2)cc1. The lowest BCUT2D eigenvalue weighted by molar-refractivity contribution is 0.0778. The van der Waals surface area contributed by atoms with E-state index in [4.69, 9.17) is 9.47 Å². The fourth-order valence-corrected chi connectivity index (χ4v) is 3.87. The van der Waals surface area contributed by atoms with E-state index in [-0.39, 0.29) is 0 Å². The molecule has 0 saturated heterocycles. The largest absolute Gasteiger partial charge is 0.386 e. The molecule has 0 aliphatic rings. The summed E-state index contributed by atoms with van der Waals surface area (Å²) in [5.74, 6) is 0. The Morgan fingerprint density at radius 1 is 0.500 bits per heavy atom. The molecule has 0 amide bonds. The molecular weight excluding hydrogens is 424 g/mol. The van der Waals surface area contributed by atoms with Crippen LogP contribution in [-0.4, -0.2) is 23.4 Å². The minimum Gasteiger partial charge on any atom is -0.386 e. The minimum absolute atomic E-state index is 0.639. The summed E-state index contributed by atoms with van der Waals surface area (Å²) in [6.07, 6.45) is 9.85. The summed E-state index contributed by atoms with van der Waals surface area (Å²) in [4.78, 5) is 0. The monoisotopic (exact) mass is 470 g/mol. The molecule has 2 aromatic carbocycles. The highest BCUT2D eigenvalue weighted by atomic mass is 16.5. The van der Waals surface area contributed by atoms with Crippen molar-refractivity contribution in [2.45, 2.75) is 103 Å². The van der Waals surface area contributed by atoms with Gasteiger partial charge in [-0.2, -0.15) is 0 Å². The Hall–Kier alpha value is -1.72. The van der Waals surface area contributed by atoms with Crippen LogP contribution in [-0.2, 0) is 33.9 Å². The number of unbranched alkanes of at least 4 members (excludes halogenated alkanes) is 7. The summed E-state index contributed by atoms with van der Waals surface area (Å²) < 4.78 is 11.6. The molecule has 0 fully saturated rings. The maximum Gasteiger partial charge on any atom is 0.0840 e. The van der Waals surface area contributed by atoms with Crippen molar-refractivity contribution in [2.75, 3.05) is 13.2 Å². The van der Waals surface area contributed by atoms with Gasteiger partial charge in [0.25, 0.3) is 0 Å². The first kappa shape index (κ1) is 28.5. The number of hydrogen-bond donors (Lipinski definition) is 2. The summed E-state index contributed by atoms with van der Waals surface area (Å²) in [5.41, 5.74) is 2.58. The van der Waals surface area contributed by atoms with E-state index in [1.165, 1.54) is 38.5 Å². The summed E-state index contributed by atoms with van der Waals surface area (Å²) >= 11 is 0. The standard InChI is InChI=1S/C30H46O4/c1-29(2,31)27-17-13-25(14-18-27)23-33-21-11-9-7-5-6-8-10-12-22-34-24-26-15-19-28(20-16-26)30(3,4)32/h13-20,31-32H,5-12,21-24H2,1-4H3. The topological polar surface area (TPSA) is 58.9 Å². The molecule has 34 heavy (non-hydrogen) atoms. The number of benzene rings is 2. The number of hydrogen-bond acceptors (Lipinski definition) is 4. The summed E-state index contributed by atoms with van der Waals surface area (Å²) in [7, 11) is 0. The Morgan fingerprint density at radius 3 is 1.09 bits per heavy atom. The van der Waals surface area contributed by atoms with E-state index in [0.717, 1.165) is 48.3 Å². The van der Waals surface area contributed by atoms with Crippen LogP contribution in [0.4, 0.5) is 0 Å². The molecule has 0 spiro atoms. The highest BCUT2D eigenvalue weighted by Gasteiger charge is 2.15. The lowest BCUT2D eigenvalue weighted by Gasteiger charge is -2.17. The molecule has 0 saturated carbocycles. The molecule has 4 nitrogen and oxygen atoms in total. The van der Waals surface area contributed by atoms with Crippen LogP contribution in [0.25, 0.3) is 0 Å². The zero-order valence-electron chi connectivity index (χ0n) is 21.8. The Bertz CT molecular complexity index is 713. The van der Waals surface area contributed by atoms with Crippen molar-refractivity contribution in [1.29, 1.82) is 0 Å².